The molecule has 0 spiro atoms. The number of likely N-dealkylation sites (N-methyl/N-ethyl adjacent to an activating group) is 1. The predicted octanol–water partition coefficient (Wildman–Crippen LogP) is 3.17. The van der Waals surface area contributed by atoms with Gasteiger partial charge in [-0.25, -0.2) is 0 Å². The van der Waals surface area contributed by atoms with Gasteiger partial charge in [-0.2, -0.15) is 0 Å². The van der Waals surface area contributed by atoms with Crippen molar-refractivity contribution in [2.45, 2.75) is 48.3 Å². The van der Waals surface area contributed by atoms with E-state index >= 15 is 0 Å². The number of rotatable bonds is 6. The monoisotopic (exact) mass is 290 g/mol. The Morgan fingerprint density at radius 1 is 1.25 bits per heavy atom. The van der Waals surface area contributed by atoms with Crippen LogP contribution in [0.1, 0.15) is 31.2 Å². The molecule has 0 amide bonds. The third-order valence-electron chi connectivity index (χ3n) is 4.68. The van der Waals surface area contributed by atoms with E-state index in [0.717, 1.165) is 24.4 Å². The summed E-state index contributed by atoms with van der Waals surface area (Å²) in [6.45, 7) is 3.45. The summed E-state index contributed by atoms with van der Waals surface area (Å²) >= 11 is 2.04. The summed E-state index contributed by atoms with van der Waals surface area (Å²) in [5.74, 6) is 0. The van der Waals surface area contributed by atoms with E-state index in [4.69, 9.17) is 0 Å². The van der Waals surface area contributed by atoms with Crippen LogP contribution in [0, 0.1) is 0 Å². The number of benzene rings is 1. The molecule has 2 nitrogen and oxygen atoms in total. The Kier molecular flexibility index (Phi) is 5.03. The van der Waals surface area contributed by atoms with Gasteiger partial charge in [0.15, 0.2) is 0 Å². The van der Waals surface area contributed by atoms with Gasteiger partial charge >= 0.3 is 0 Å². The Labute approximate surface area is 127 Å². The molecule has 2 aliphatic rings. The molecule has 0 bridgehead atoms. The molecular weight excluding hydrogens is 264 g/mol. The van der Waals surface area contributed by atoms with Gasteiger partial charge in [0.25, 0.3) is 0 Å². The van der Waals surface area contributed by atoms with Crippen molar-refractivity contribution in [1.82, 2.24) is 10.2 Å². The zero-order valence-electron chi connectivity index (χ0n) is 12.5. The second kappa shape index (κ2) is 6.97. The van der Waals surface area contributed by atoms with Gasteiger partial charge in [0, 0.05) is 35.8 Å². The van der Waals surface area contributed by atoms with Gasteiger partial charge in [0.05, 0.1) is 0 Å². The van der Waals surface area contributed by atoms with Crippen molar-refractivity contribution in [2.24, 2.45) is 0 Å². The lowest BCUT2D eigenvalue weighted by Gasteiger charge is -2.24. The quantitative estimate of drug-likeness (QED) is 0.810. The van der Waals surface area contributed by atoms with Crippen LogP contribution in [0.25, 0.3) is 0 Å². The maximum absolute atomic E-state index is 3.65. The summed E-state index contributed by atoms with van der Waals surface area (Å²) in [5, 5.41) is 4.38. The smallest absolute Gasteiger partial charge is 0.0260 e. The molecular formula is C17H26N2S. The van der Waals surface area contributed by atoms with E-state index in [9.17, 15) is 0 Å². The molecule has 1 aromatic rings. The number of thioether (sulfide) groups is 1. The van der Waals surface area contributed by atoms with Gasteiger partial charge in [0.1, 0.15) is 0 Å². The highest BCUT2D eigenvalue weighted by atomic mass is 32.2. The number of fused-ring (bicyclic) bond motifs is 1. The average molecular weight is 290 g/mol. The van der Waals surface area contributed by atoms with Crippen LogP contribution in [0.2, 0.25) is 0 Å². The third-order valence-corrected chi connectivity index (χ3v) is 5.99. The fraction of sp³-hybridized carbons (Fsp3) is 0.647. The minimum Gasteiger partial charge on any atom is -0.314 e. The molecule has 1 aromatic carbocycles. The molecule has 1 heterocycles. The highest BCUT2D eigenvalue weighted by Gasteiger charge is 2.22. The molecule has 0 aromatic heterocycles. The lowest BCUT2D eigenvalue weighted by atomic mass is 10.1. The SMILES string of the molecule is CN(CCNCC1Cc2ccccc2S1)C1CCCC1. The van der Waals surface area contributed by atoms with Crippen molar-refractivity contribution < 1.29 is 0 Å². The minimum absolute atomic E-state index is 0.726. The summed E-state index contributed by atoms with van der Waals surface area (Å²) in [7, 11) is 2.29. The Balaban J connectivity index is 1.33. The van der Waals surface area contributed by atoms with E-state index in [1.807, 2.05) is 11.8 Å². The van der Waals surface area contributed by atoms with Crippen LogP contribution in [0.5, 0.6) is 0 Å². The zero-order chi connectivity index (χ0) is 13.8. The first-order valence-electron chi connectivity index (χ1n) is 7.98. The minimum atomic E-state index is 0.726. The van der Waals surface area contributed by atoms with E-state index < -0.39 is 0 Å². The summed E-state index contributed by atoms with van der Waals surface area (Å²) in [6.07, 6.45) is 6.90. The van der Waals surface area contributed by atoms with Crippen molar-refractivity contribution in [3.05, 3.63) is 29.8 Å². The molecule has 110 valence electrons. The number of nitrogens with zero attached hydrogens (tertiary/aromatic N) is 1. The largest absolute Gasteiger partial charge is 0.314 e. The molecule has 1 N–H and O–H groups in total. The van der Waals surface area contributed by atoms with E-state index in [2.05, 4.69) is 41.5 Å². The molecule has 1 atom stereocenters. The Hall–Kier alpha value is -0.510. The highest BCUT2D eigenvalue weighted by molar-refractivity contribution is 8.00. The number of hydrogen-bond acceptors (Lipinski definition) is 3. The molecule has 1 fully saturated rings. The number of hydrogen-bond donors (Lipinski definition) is 1. The Bertz CT molecular complexity index is 404. The summed E-state index contributed by atoms with van der Waals surface area (Å²) in [5.41, 5.74) is 1.53. The van der Waals surface area contributed by atoms with Gasteiger partial charge in [0.2, 0.25) is 0 Å². The summed E-state index contributed by atoms with van der Waals surface area (Å²) in [6, 6.07) is 9.69. The van der Waals surface area contributed by atoms with Gasteiger partial charge in [-0.3, -0.25) is 0 Å². The molecule has 3 heteroatoms. The molecule has 1 aliphatic carbocycles. The molecule has 3 rings (SSSR count). The van der Waals surface area contributed by atoms with Crippen LogP contribution in [0.15, 0.2) is 29.2 Å². The lowest BCUT2D eigenvalue weighted by molar-refractivity contribution is 0.246. The van der Waals surface area contributed by atoms with Crippen LogP contribution in [-0.2, 0) is 6.42 Å². The van der Waals surface area contributed by atoms with Crippen molar-refractivity contribution >= 4 is 11.8 Å². The average Bonchev–Trinajstić information content (AvgIpc) is 3.11. The van der Waals surface area contributed by atoms with E-state index in [-0.39, 0.29) is 0 Å². The van der Waals surface area contributed by atoms with Crippen LogP contribution in [0.3, 0.4) is 0 Å². The Morgan fingerprint density at radius 2 is 2.05 bits per heavy atom. The van der Waals surface area contributed by atoms with Gasteiger partial charge in [-0.15, -0.1) is 11.8 Å². The molecule has 1 saturated carbocycles. The normalized spacial score (nSPS) is 22.6. The zero-order valence-corrected chi connectivity index (χ0v) is 13.3. The first kappa shape index (κ1) is 14.4. The number of nitrogens with one attached hydrogen (secondary N) is 1. The molecule has 0 saturated heterocycles. The predicted molar refractivity (Wildman–Crippen MR) is 87.5 cm³/mol. The van der Waals surface area contributed by atoms with E-state index in [1.165, 1.54) is 49.1 Å². The van der Waals surface area contributed by atoms with Crippen molar-refractivity contribution in [3.8, 4) is 0 Å². The standard InChI is InChI=1S/C17H26N2S/c1-19(15-7-3-4-8-15)11-10-18-13-16-12-14-6-2-5-9-17(14)20-16/h2,5-6,9,15-16,18H,3-4,7-8,10-13H2,1H3. The van der Waals surface area contributed by atoms with Gasteiger partial charge in [-0.05, 0) is 37.9 Å². The first-order chi connectivity index (χ1) is 9.83. The highest BCUT2D eigenvalue weighted by Crippen LogP contribution is 2.36. The van der Waals surface area contributed by atoms with E-state index in [0.29, 0.717) is 0 Å². The molecule has 0 radical (unpaired) electrons. The fourth-order valence-electron chi connectivity index (χ4n) is 3.41. The van der Waals surface area contributed by atoms with Crippen molar-refractivity contribution in [3.63, 3.8) is 0 Å². The lowest BCUT2D eigenvalue weighted by Crippen LogP contribution is -2.37. The maximum Gasteiger partial charge on any atom is 0.0260 e. The van der Waals surface area contributed by atoms with Crippen LogP contribution in [0.4, 0.5) is 0 Å². The van der Waals surface area contributed by atoms with E-state index in [1.54, 1.807) is 0 Å². The molecule has 1 unspecified atom stereocenters. The maximum atomic E-state index is 3.65. The first-order valence-corrected chi connectivity index (χ1v) is 8.86. The Morgan fingerprint density at radius 3 is 2.85 bits per heavy atom. The molecule has 20 heavy (non-hydrogen) atoms. The molecule has 1 aliphatic heterocycles. The van der Waals surface area contributed by atoms with Crippen molar-refractivity contribution in [2.75, 3.05) is 26.7 Å². The van der Waals surface area contributed by atoms with Gasteiger partial charge in [-0.1, -0.05) is 31.0 Å². The third kappa shape index (κ3) is 3.57. The second-order valence-electron chi connectivity index (χ2n) is 6.17. The van der Waals surface area contributed by atoms with Crippen molar-refractivity contribution in [1.29, 1.82) is 0 Å². The summed E-state index contributed by atoms with van der Waals surface area (Å²) < 4.78 is 0. The van der Waals surface area contributed by atoms with Gasteiger partial charge < -0.3 is 10.2 Å². The van der Waals surface area contributed by atoms with Crippen LogP contribution < -0.4 is 5.32 Å². The second-order valence-corrected chi connectivity index (χ2v) is 7.52. The van der Waals surface area contributed by atoms with Crippen LogP contribution >= 0.6 is 11.8 Å². The van der Waals surface area contributed by atoms with Crippen LogP contribution in [-0.4, -0.2) is 42.9 Å². The fourth-order valence-corrected chi connectivity index (χ4v) is 4.70. The summed E-state index contributed by atoms with van der Waals surface area (Å²) in [4.78, 5) is 4.04. The topological polar surface area (TPSA) is 15.3 Å².